The van der Waals surface area contributed by atoms with E-state index in [4.69, 9.17) is 0 Å². The predicted molar refractivity (Wildman–Crippen MR) is 77.8 cm³/mol. The summed E-state index contributed by atoms with van der Waals surface area (Å²) in [5, 5.41) is 3.27. The predicted octanol–water partition coefficient (Wildman–Crippen LogP) is -0.0837. The van der Waals surface area contributed by atoms with Crippen LogP contribution in [0.15, 0.2) is 0 Å². The van der Waals surface area contributed by atoms with E-state index < -0.39 is 10.0 Å². The molecule has 0 aromatic heterocycles. The normalized spacial score (nSPS) is 25.1. The first-order valence-electron chi connectivity index (χ1n) is 7.48. The van der Waals surface area contributed by atoms with Gasteiger partial charge < -0.3 is 10.2 Å². The van der Waals surface area contributed by atoms with E-state index in [1.807, 2.05) is 4.90 Å². The third kappa shape index (κ3) is 4.43. The van der Waals surface area contributed by atoms with Gasteiger partial charge in [0.2, 0.25) is 15.9 Å². The molecule has 2 fully saturated rings. The quantitative estimate of drug-likeness (QED) is 0.744. The van der Waals surface area contributed by atoms with Crippen LogP contribution >= 0.6 is 0 Å². The number of hydrogen-bond acceptors (Lipinski definition) is 4. The van der Waals surface area contributed by atoms with Crippen molar-refractivity contribution in [2.45, 2.75) is 38.6 Å². The molecule has 2 saturated heterocycles. The maximum atomic E-state index is 12.2. The molecule has 0 aliphatic carbocycles. The van der Waals surface area contributed by atoms with E-state index in [0.717, 1.165) is 19.5 Å². The molecule has 1 atom stereocenters. The molecule has 2 aliphatic heterocycles. The van der Waals surface area contributed by atoms with Gasteiger partial charge in [-0.1, -0.05) is 0 Å². The van der Waals surface area contributed by atoms with Crippen molar-refractivity contribution in [3.63, 3.8) is 0 Å². The van der Waals surface area contributed by atoms with Gasteiger partial charge in [-0.3, -0.25) is 4.79 Å². The highest BCUT2D eigenvalue weighted by Crippen LogP contribution is 2.17. The van der Waals surface area contributed by atoms with E-state index >= 15 is 0 Å². The molecular formula is C13H25N3O3S. The van der Waals surface area contributed by atoms with Crippen LogP contribution in [-0.4, -0.2) is 57.2 Å². The molecule has 0 bridgehead atoms. The maximum Gasteiger partial charge on any atom is 0.222 e. The van der Waals surface area contributed by atoms with Gasteiger partial charge in [-0.05, 0) is 45.2 Å². The molecule has 2 N–H and O–H groups in total. The summed E-state index contributed by atoms with van der Waals surface area (Å²) in [6.07, 6.45) is 3.14. The van der Waals surface area contributed by atoms with Crippen molar-refractivity contribution in [1.29, 1.82) is 0 Å². The molecular weight excluding hydrogens is 278 g/mol. The zero-order chi connectivity index (χ0) is 14.6. The second-order valence-corrected chi connectivity index (χ2v) is 7.78. The Morgan fingerprint density at radius 1 is 1.30 bits per heavy atom. The summed E-state index contributed by atoms with van der Waals surface area (Å²) in [6.45, 7) is 4.92. The molecule has 2 rings (SSSR count). The zero-order valence-electron chi connectivity index (χ0n) is 12.1. The molecule has 0 spiro atoms. The fourth-order valence-electron chi connectivity index (χ4n) is 2.85. The second-order valence-electron chi connectivity index (χ2n) is 5.74. The van der Waals surface area contributed by atoms with Gasteiger partial charge in [-0.2, -0.15) is 0 Å². The van der Waals surface area contributed by atoms with Gasteiger partial charge in [-0.25, -0.2) is 13.1 Å². The van der Waals surface area contributed by atoms with Crippen LogP contribution in [0.5, 0.6) is 0 Å². The van der Waals surface area contributed by atoms with Crippen LogP contribution in [-0.2, 0) is 14.8 Å². The van der Waals surface area contributed by atoms with Crippen molar-refractivity contribution in [3.8, 4) is 0 Å². The Kier molecular flexibility index (Phi) is 5.40. The van der Waals surface area contributed by atoms with Gasteiger partial charge in [0, 0.05) is 25.6 Å². The molecule has 1 unspecified atom stereocenters. The lowest BCUT2D eigenvalue weighted by atomic mass is 10.0. The molecule has 0 aromatic rings. The average Bonchev–Trinajstić information content (AvgIpc) is 2.92. The number of likely N-dealkylation sites (tertiary alicyclic amines) is 1. The van der Waals surface area contributed by atoms with E-state index in [0.29, 0.717) is 38.3 Å². The van der Waals surface area contributed by atoms with Gasteiger partial charge in [0.05, 0.1) is 5.75 Å². The van der Waals surface area contributed by atoms with Gasteiger partial charge in [0.15, 0.2) is 0 Å². The first kappa shape index (κ1) is 15.7. The lowest BCUT2D eigenvalue weighted by Crippen LogP contribution is -2.47. The minimum atomic E-state index is -3.14. The highest BCUT2D eigenvalue weighted by Gasteiger charge is 2.27. The summed E-state index contributed by atoms with van der Waals surface area (Å²) in [5.41, 5.74) is 0. The number of carbonyl (C=O) groups excluding carboxylic acids is 1. The fourth-order valence-corrected chi connectivity index (χ4v) is 3.76. The van der Waals surface area contributed by atoms with E-state index in [-0.39, 0.29) is 17.7 Å². The van der Waals surface area contributed by atoms with E-state index in [1.165, 1.54) is 0 Å². The van der Waals surface area contributed by atoms with Gasteiger partial charge >= 0.3 is 0 Å². The monoisotopic (exact) mass is 303 g/mol. The average molecular weight is 303 g/mol. The molecule has 7 heteroatoms. The van der Waals surface area contributed by atoms with Crippen LogP contribution in [0.3, 0.4) is 0 Å². The summed E-state index contributed by atoms with van der Waals surface area (Å²) in [7, 11) is -3.14. The molecule has 0 radical (unpaired) electrons. The Morgan fingerprint density at radius 3 is 2.55 bits per heavy atom. The highest BCUT2D eigenvalue weighted by atomic mass is 32.2. The molecule has 0 saturated carbocycles. The van der Waals surface area contributed by atoms with Crippen LogP contribution in [0.4, 0.5) is 0 Å². The SMILES string of the molecule is CCS(=O)(=O)NC1CCN(C(=O)CC2CCNC2)CC1. The van der Waals surface area contributed by atoms with Crippen molar-refractivity contribution < 1.29 is 13.2 Å². The molecule has 116 valence electrons. The molecule has 0 aromatic carbocycles. The summed E-state index contributed by atoms with van der Waals surface area (Å²) >= 11 is 0. The van der Waals surface area contributed by atoms with Crippen molar-refractivity contribution in [1.82, 2.24) is 14.9 Å². The first-order chi connectivity index (χ1) is 9.50. The molecule has 20 heavy (non-hydrogen) atoms. The standard InChI is InChI=1S/C13H25N3O3S/c1-2-20(18,19)15-12-4-7-16(8-5-12)13(17)9-11-3-6-14-10-11/h11-12,14-15H,2-10H2,1H3. The van der Waals surface area contributed by atoms with Crippen molar-refractivity contribution in [2.24, 2.45) is 5.92 Å². The number of nitrogens with one attached hydrogen (secondary N) is 2. The largest absolute Gasteiger partial charge is 0.343 e. The van der Waals surface area contributed by atoms with Crippen molar-refractivity contribution in [3.05, 3.63) is 0 Å². The summed E-state index contributed by atoms with van der Waals surface area (Å²) in [5.74, 6) is 0.801. The minimum Gasteiger partial charge on any atom is -0.343 e. The summed E-state index contributed by atoms with van der Waals surface area (Å²) in [6, 6.07) is -0.0165. The number of piperidine rings is 1. The van der Waals surface area contributed by atoms with Crippen molar-refractivity contribution in [2.75, 3.05) is 31.9 Å². The Balaban J connectivity index is 1.74. The number of hydrogen-bond donors (Lipinski definition) is 2. The maximum absolute atomic E-state index is 12.2. The lowest BCUT2D eigenvalue weighted by molar-refractivity contribution is -0.133. The van der Waals surface area contributed by atoms with Gasteiger partial charge in [0.25, 0.3) is 0 Å². The lowest BCUT2D eigenvalue weighted by Gasteiger charge is -2.32. The number of nitrogens with zero attached hydrogens (tertiary/aromatic N) is 1. The Bertz CT molecular complexity index is 424. The van der Waals surface area contributed by atoms with E-state index in [9.17, 15) is 13.2 Å². The van der Waals surface area contributed by atoms with Crippen LogP contribution < -0.4 is 10.0 Å². The van der Waals surface area contributed by atoms with Crippen LogP contribution in [0.1, 0.15) is 32.6 Å². The zero-order valence-corrected chi connectivity index (χ0v) is 12.9. The smallest absolute Gasteiger partial charge is 0.222 e. The minimum absolute atomic E-state index is 0.0165. The van der Waals surface area contributed by atoms with Crippen molar-refractivity contribution >= 4 is 15.9 Å². The van der Waals surface area contributed by atoms with Gasteiger partial charge in [-0.15, -0.1) is 0 Å². The van der Waals surface area contributed by atoms with E-state index in [1.54, 1.807) is 6.92 Å². The van der Waals surface area contributed by atoms with Crippen LogP contribution in [0.2, 0.25) is 0 Å². The molecule has 2 aliphatic rings. The number of amides is 1. The van der Waals surface area contributed by atoms with E-state index in [2.05, 4.69) is 10.0 Å². The third-order valence-corrected chi connectivity index (χ3v) is 5.65. The highest BCUT2D eigenvalue weighted by molar-refractivity contribution is 7.89. The topological polar surface area (TPSA) is 78.5 Å². The number of carbonyl (C=O) groups is 1. The number of rotatable bonds is 5. The number of sulfonamides is 1. The fraction of sp³-hybridized carbons (Fsp3) is 0.923. The van der Waals surface area contributed by atoms with Crippen LogP contribution in [0, 0.1) is 5.92 Å². The molecule has 1 amide bonds. The Hall–Kier alpha value is -0.660. The Labute approximate surface area is 121 Å². The summed E-state index contributed by atoms with van der Waals surface area (Å²) in [4.78, 5) is 14.0. The van der Waals surface area contributed by atoms with Crippen LogP contribution in [0.25, 0.3) is 0 Å². The molecule has 2 heterocycles. The Morgan fingerprint density at radius 2 is 2.00 bits per heavy atom. The first-order valence-corrected chi connectivity index (χ1v) is 9.14. The summed E-state index contributed by atoms with van der Waals surface area (Å²) < 4.78 is 25.7. The van der Waals surface area contributed by atoms with Gasteiger partial charge in [0.1, 0.15) is 0 Å². The second kappa shape index (κ2) is 6.87. The third-order valence-electron chi connectivity index (χ3n) is 4.20. The molecule has 6 nitrogen and oxygen atoms in total.